The molecule has 0 aliphatic carbocycles. The van der Waals surface area contributed by atoms with E-state index in [4.69, 9.17) is 0 Å². The summed E-state index contributed by atoms with van der Waals surface area (Å²) >= 11 is 0. The fourth-order valence-electron chi connectivity index (χ4n) is 2.67. The summed E-state index contributed by atoms with van der Waals surface area (Å²) in [6.45, 7) is 2.18. The highest BCUT2D eigenvalue weighted by atomic mass is 16.5. The molecule has 0 fully saturated rings. The standard InChI is InChI=1S/C19H36O4/c1-3-4-5-7-10-13-17(20)16-18(21)14-11-8-6-9-12-15-19(22)23-2/h18,21H,3-16H2,1-2H3. The van der Waals surface area contributed by atoms with Crippen molar-refractivity contribution in [3.05, 3.63) is 0 Å². The highest BCUT2D eigenvalue weighted by molar-refractivity contribution is 5.78. The van der Waals surface area contributed by atoms with Gasteiger partial charge in [0.15, 0.2) is 0 Å². The molecule has 0 aromatic heterocycles. The molecule has 0 aromatic carbocycles. The number of aliphatic hydroxyl groups is 1. The van der Waals surface area contributed by atoms with E-state index in [0.29, 0.717) is 25.7 Å². The zero-order valence-corrected chi connectivity index (χ0v) is 15.1. The minimum absolute atomic E-state index is 0.145. The van der Waals surface area contributed by atoms with Crippen LogP contribution in [0.15, 0.2) is 0 Å². The van der Waals surface area contributed by atoms with E-state index in [1.165, 1.54) is 26.4 Å². The molecule has 136 valence electrons. The van der Waals surface area contributed by atoms with E-state index in [2.05, 4.69) is 11.7 Å². The number of Topliss-reactive ketones (excluding diaryl/α,β-unsaturated/α-hetero) is 1. The molecule has 0 aromatic rings. The van der Waals surface area contributed by atoms with Crippen molar-refractivity contribution in [2.75, 3.05) is 7.11 Å². The van der Waals surface area contributed by atoms with Crippen LogP contribution in [-0.2, 0) is 14.3 Å². The number of hydrogen-bond donors (Lipinski definition) is 1. The molecule has 4 nitrogen and oxygen atoms in total. The second-order valence-corrected chi connectivity index (χ2v) is 6.44. The van der Waals surface area contributed by atoms with Gasteiger partial charge in [-0.2, -0.15) is 0 Å². The van der Waals surface area contributed by atoms with Crippen LogP contribution in [0.25, 0.3) is 0 Å². The fraction of sp³-hybridized carbons (Fsp3) is 0.895. The third-order valence-corrected chi connectivity index (χ3v) is 4.17. The van der Waals surface area contributed by atoms with E-state index in [1.807, 2.05) is 0 Å². The molecule has 0 aliphatic heterocycles. The second kappa shape index (κ2) is 16.0. The third kappa shape index (κ3) is 15.8. The van der Waals surface area contributed by atoms with Crippen molar-refractivity contribution in [1.29, 1.82) is 0 Å². The number of ketones is 1. The van der Waals surface area contributed by atoms with Gasteiger partial charge >= 0.3 is 5.97 Å². The molecular formula is C19H36O4. The predicted molar refractivity (Wildman–Crippen MR) is 93.3 cm³/mol. The van der Waals surface area contributed by atoms with Crippen LogP contribution in [0, 0.1) is 0 Å². The Morgan fingerprint density at radius 2 is 1.43 bits per heavy atom. The average molecular weight is 328 g/mol. The number of carbonyl (C=O) groups excluding carboxylic acids is 2. The van der Waals surface area contributed by atoms with Gasteiger partial charge in [0.2, 0.25) is 0 Å². The summed E-state index contributed by atoms with van der Waals surface area (Å²) in [5.41, 5.74) is 0. The molecule has 1 N–H and O–H groups in total. The van der Waals surface area contributed by atoms with E-state index in [1.54, 1.807) is 0 Å². The Hall–Kier alpha value is -0.900. The highest BCUT2D eigenvalue weighted by Crippen LogP contribution is 2.13. The minimum Gasteiger partial charge on any atom is -0.469 e. The predicted octanol–water partition coefficient (Wildman–Crippen LogP) is 4.57. The lowest BCUT2D eigenvalue weighted by Crippen LogP contribution is -2.13. The SMILES string of the molecule is CCCCCCCC(=O)CC(O)CCCCCCCC(=O)OC. The summed E-state index contributed by atoms with van der Waals surface area (Å²) < 4.78 is 4.59. The Morgan fingerprint density at radius 3 is 2.09 bits per heavy atom. The maximum absolute atomic E-state index is 11.7. The number of unbranched alkanes of at least 4 members (excludes halogenated alkanes) is 8. The number of carbonyl (C=O) groups is 2. The summed E-state index contributed by atoms with van der Waals surface area (Å²) in [5, 5.41) is 9.89. The summed E-state index contributed by atoms with van der Waals surface area (Å²) in [6.07, 6.45) is 12.4. The maximum Gasteiger partial charge on any atom is 0.305 e. The van der Waals surface area contributed by atoms with E-state index in [9.17, 15) is 14.7 Å². The first-order chi connectivity index (χ1) is 11.1. The van der Waals surface area contributed by atoms with Crippen molar-refractivity contribution in [1.82, 2.24) is 0 Å². The normalized spacial score (nSPS) is 12.1. The summed E-state index contributed by atoms with van der Waals surface area (Å²) in [6, 6.07) is 0. The lowest BCUT2D eigenvalue weighted by Gasteiger charge is -2.09. The van der Waals surface area contributed by atoms with Crippen molar-refractivity contribution in [3.8, 4) is 0 Å². The molecule has 0 saturated carbocycles. The molecule has 0 heterocycles. The number of hydrogen-bond acceptors (Lipinski definition) is 4. The molecule has 1 atom stereocenters. The van der Waals surface area contributed by atoms with Crippen LogP contribution in [0.4, 0.5) is 0 Å². The van der Waals surface area contributed by atoms with Crippen molar-refractivity contribution >= 4 is 11.8 Å². The van der Waals surface area contributed by atoms with Gasteiger partial charge < -0.3 is 9.84 Å². The van der Waals surface area contributed by atoms with Gasteiger partial charge in [0, 0.05) is 19.3 Å². The maximum atomic E-state index is 11.7. The van der Waals surface area contributed by atoms with Gasteiger partial charge in [-0.05, 0) is 19.3 Å². The molecule has 0 bridgehead atoms. The number of ether oxygens (including phenoxy) is 1. The Labute approximate surface area is 142 Å². The first-order valence-corrected chi connectivity index (χ1v) is 9.36. The largest absolute Gasteiger partial charge is 0.469 e. The first kappa shape index (κ1) is 22.1. The summed E-state index contributed by atoms with van der Waals surface area (Å²) in [4.78, 5) is 22.7. The zero-order valence-electron chi connectivity index (χ0n) is 15.1. The molecule has 0 spiro atoms. The van der Waals surface area contributed by atoms with E-state index >= 15 is 0 Å². The molecule has 1 unspecified atom stereocenters. The van der Waals surface area contributed by atoms with Gasteiger partial charge in [-0.3, -0.25) is 9.59 Å². The van der Waals surface area contributed by atoms with Gasteiger partial charge in [0.1, 0.15) is 5.78 Å². The Morgan fingerprint density at radius 1 is 0.870 bits per heavy atom. The summed E-state index contributed by atoms with van der Waals surface area (Å²) in [5.74, 6) is 0.0562. The Bertz CT molecular complexity index is 302. The third-order valence-electron chi connectivity index (χ3n) is 4.17. The molecule has 0 saturated heterocycles. The summed E-state index contributed by atoms with van der Waals surface area (Å²) in [7, 11) is 1.41. The topological polar surface area (TPSA) is 63.6 Å². The van der Waals surface area contributed by atoms with Crippen molar-refractivity contribution in [3.63, 3.8) is 0 Å². The Kier molecular flexibility index (Phi) is 15.4. The van der Waals surface area contributed by atoms with Gasteiger partial charge in [-0.25, -0.2) is 0 Å². The number of rotatable bonds is 16. The van der Waals surface area contributed by atoms with Crippen LogP contribution in [0.1, 0.15) is 96.8 Å². The number of methoxy groups -OCH3 is 1. The fourth-order valence-corrected chi connectivity index (χ4v) is 2.67. The quantitative estimate of drug-likeness (QED) is 0.333. The van der Waals surface area contributed by atoms with Crippen LogP contribution in [0.5, 0.6) is 0 Å². The van der Waals surface area contributed by atoms with Crippen LogP contribution >= 0.6 is 0 Å². The lowest BCUT2D eigenvalue weighted by molar-refractivity contribution is -0.140. The molecule has 4 heteroatoms. The molecule has 0 rings (SSSR count). The average Bonchev–Trinajstić information content (AvgIpc) is 2.53. The van der Waals surface area contributed by atoms with Crippen LogP contribution in [-0.4, -0.2) is 30.1 Å². The van der Waals surface area contributed by atoms with E-state index in [0.717, 1.165) is 44.9 Å². The molecular weight excluding hydrogens is 292 g/mol. The van der Waals surface area contributed by atoms with Gasteiger partial charge in [0.25, 0.3) is 0 Å². The van der Waals surface area contributed by atoms with Gasteiger partial charge in [-0.15, -0.1) is 0 Å². The smallest absolute Gasteiger partial charge is 0.305 e. The van der Waals surface area contributed by atoms with Crippen molar-refractivity contribution < 1.29 is 19.4 Å². The van der Waals surface area contributed by atoms with Crippen molar-refractivity contribution in [2.45, 2.75) is 103 Å². The zero-order chi connectivity index (χ0) is 17.3. The highest BCUT2D eigenvalue weighted by Gasteiger charge is 2.10. The lowest BCUT2D eigenvalue weighted by atomic mass is 10.0. The van der Waals surface area contributed by atoms with E-state index in [-0.39, 0.29) is 11.8 Å². The minimum atomic E-state index is -0.479. The van der Waals surface area contributed by atoms with Crippen LogP contribution < -0.4 is 0 Å². The van der Waals surface area contributed by atoms with E-state index < -0.39 is 6.10 Å². The molecule has 0 amide bonds. The van der Waals surface area contributed by atoms with Gasteiger partial charge in [-0.1, -0.05) is 58.3 Å². The molecule has 0 radical (unpaired) electrons. The monoisotopic (exact) mass is 328 g/mol. The second-order valence-electron chi connectivity index (χ2n) is 6.44. The first-order valence-electron chi connectivity index (χ1n) is 9.36. The molecule has 0 aliphatic rings. The van der Waals surface area contributed by atoms with Crippen LogP contribution in [0.2, 0.25) is 0 Å². The number of aliphatic hydroxyl groups excluding tert-OH is 1. The van der Waals surface area contributed by atoms with Crippen molar-refractivity contribution in [2.24, 2.45) is 0 Å². The van der Waals surface area contributed by atoms with Gasteiger partial charge in [0.05, 0.1) is 13.2 Å². The number of esters is 1. The van der Waals surface area contributed by atoms with Crippen LogP contribution in [0.3, 0.4) is 0 Å². The molecule has 23 heavy (non-hydrogen) atoms. The Balaban J connectivity index is 3.40.